The highest BCUT2D eigenvalue weighted by Gasteiger charge is 2.05. The van der Waals surface area contributed by atoms with E-state index in [4.69, 9.17) is 0 Å². The van der Waals surface area contributed by atoms with Crippen LogP contribution in [0.3, 0.4) is 0 Å². The largest absolute Gasteiger partial charge is 0.388 e. The summed E-state index contributed by atoms with van der Waals surface area (Å²) in [5.74, 6) is 0. The fraction of sp³-hybridized carbons (Fsp3) is 0.333. The van der Waals surface area contributed by atoms with Crippen LogP contribution in [-0.2, 0) is 0 Å². The van der Waals surface area contributed by atoms with E-state index < -0.39 is 6.10 Å². The molecule has 1 nitrogen and oxygen atoms in total. The Bertz CT molecular complexity index is 282. The van der Waals surface area contributed by atoms with Gasteiger partial charge >= 0.3 is 0 Å². The minimum Gasteiger partial charge on any atom is -0.388 e. The number of rotatable bonds is 3. The molecule has 0 amide bonds. The predicted molar refractivity (Wildman–Crippen MR) is 55.7 cm³/mol. The Morgan fingerprint density at radius 2 is 1.85 bits per heavy atom. The molecule has 0 aliphatic rings. The van der Waals surface area contributed by atoms with Crippen LogP contribution in [0.4, 0.5) is 0 Å². The second-order valence-corrected chi connectivity index (χ2v) is 3.46. The van der Waals surface area contributed by atoms with Gasteiger partial charge in [0.05, 0.1) is 6.10 Å². The molecule has 1 unspecified atom stereocenters. The summed E-state index contributed by atoms with van der Waals surface area (Å²) >= 11 is 0. The van der Waals surface area contributed by atoms with E-state index in [1.807, 2.05) is 26.0 Å². The van der Waals surface area contributed by atoms with Crippen molar-refractivity contribution < 1.29 is 5.11 Å². The maximum absolute atomic E-state index is 9.70. The van der Waals surface area contributed by atoms with Gasteiger partial charge in [0.2, 0.25) is 0 Å². The SMILES string of the molecule is C=CCC(O)c1cc(C)cc(C)c1. The Kier molecular flexibility index (Phi) is 3.26. The fourth-order valence-corrected chi connectivity index (χ4v) is 1.50. The highest BCUT2D eigenvalue weighted by Crippen LogP contribution is 2.19. The number of aliphatic hydroxyl groups is 1. The maximum atomic E-state index is 9.70. The van der Waals surface area contributed by atoms with Gasteiger partial charge in [-0.2, -0.15) is 0 Å². The number of hydrogen-bond donors (Lipinski definition) is 1. The Balaban J connectivity index is 2.93. The molecule has 0 saturated carbocycles. The zero-order chi connectivity index (χ0) is 9.84. The lowest BCUT2D eigenvalue weighted by molar-refractivity contribution is 0.181. The predicted octanol–water partition coefficient (Wildman–Crippen LogP) is 2.91. The zero-order valence-corrected chi connectivity index (χ0v) is 8.25. The number of aliphatic hydroxyl groups excluding tert-OH is 1. The lowest BCUT2D eigenvalue weighted by Crippen LogP contribution is -1.96. The highest BCUT2D eigenvalue weighted by atomic mass is 16.3. The molecule has 1 heteroatoms. The molecule has 0 spiro atoms. The van der Waals surface area contributed by atoms with Crippen LogP contribution in [0.25, 0.3) is 0 Å². The minimum absolute atomic E-state index is 0.406. The first-order valence-electron chi connectivity index (χ1n) is 4.50. The van der Waals surface area contributed by atoms with Gasteiger partial charge in [-0.3, -0.25) is 0 Å². The molecule has 13 heavy (non-hydrogen) atoms. The van der Waals surface area contributed by atoms with Gasteiger partial charge in [0.25, 0.3) is 0 Å². The van der Waals surface area contributed by atoms with Crippen LogP contribution in [0, 0.1) is 13.8 Å². The van der Waals surface area contributed by atoms with Crippen LogP contribution in [0.15, 0.2) is 30.9 Å². The first-order valence-corrected chi connectivity index (χ1v) is 4.50. The summed E-state index contributed by atoms with van der Waals surface area (Å²) in [6.45, 7) is 7.69. The number of hydrogen-bond acceptors (Lipinski definition) is 1. The standard InChI is InChI=1S/C12H16O/c1-4-5-12(13)11-7-9(2)6-10(3)8-11/h4,6-8,12-13H,1,5H2,2-3H3. The van der Waals surface area contributed by atoms with E-state index in [1.54, 1.807) is 6.08 Å². The van der Waals surface area contributed by atoms with E-state index in [1.165, 1.54) is 11.1 Å². The minimum atomic E-state index is -0.406. The van der Waals surface area contributed by atoms with E-state index in [-0.39, 0.29) is 0 Å². The highest BCUT2D eigenvalue weighted by molar-refractivity contribution is 5.30. The smallest absolute Gasteiger partial charge is 0.0824 e. The molecule has 0 aromatic heterocycles. The molecule has 0 aliphatic heterocycles. The Labute approximate surface area is 79.7 Å². The van der Waals surface area contributed by atoms with Crippen molar-refractivity contribution in [2.24, 2.45) is 0 Å². The fourth-order valence-electron chi connectivity index (χ4n) is 1.50. The molecule has 1 N–H and O–H groups in total. The molecule has 0 radical (unpaired) electrons. The lowest BCUT2D eigenvalue weighted by atomic mass is 10.0. The first kappa shape index (κ1) is 10.0. The van der Waals surface area contributed by atoms with Crippen LogP contribution in [0.2, 0.25) is 0 Å². The van der Waals surface area contributed by atoms with Crippen LogP contribution in [0.5, 0.6) is 0 Å². The van der Waals surface area contributed by atoms with Crippen LogP contribution in [-0.4, -0.2) is 5.11 Å². The second-order valence-electron chi connectivity index (χ2n) is 3.46. The normalized spacial score (nSPS) is 12.5. The molecule has 1 aromatic rings. The molecule has 70 valence electrons. The second kappa shape index (κ2) is 4.24. The summed E-state index contributed by atoms with van der Waals surface area (Å²) in [7, 11) is 0. The van der Waals surface area contributed by atoms with Crippen LogP contribution in [0.1, 0.15) is 29.2 Å². The summed E-state index contributed by atoms with van der Waals surface area (Å²) in [4.78, 5) is 0. The van der Waals surface area contributed by atoms with Gasteiger partial charge in [0, 0.05) is 0 Å². The molecular formula is C12H16O. The topological polar surface area (TPSA) is 20.2 Å². The molecule has 1 rings (SSSR count). The number of benzene rings is 1. The molecular weight excluding hydrogens is 160 g/mol. The van der Waals surface area contributed by atoms with Gasteiger partial charge in [-0.25, -0.2) is 0 Å². The third-order valence-corrected chi connectivity index (χ3v) is 2.02. The van der Waals surface area contributed by atoms with E-state index in [0.717, 1.165) is 5.56 Å². The van der Waals surface area contributed by atoms with Crippen molar-refractivity contribution in [2.75, 3.05) is 0 Å². The van der Waals surface area contributed by atoms with E-state index >= 15 is 0 Å². The van der Waals surface area contributed by atoms with Gasteiger partial charge in [-0.15, -0.1) is 6.58 Å². The molecule has 0 fully saturated rings. The molecule has 0 heterocycles. The van der Waals surface area contributed by atoms with Crippen molar-refractivity contribution in [1.82, 2.24) is 0 Å². The number of aryl methyl sites for hydroxylation is 2. The molecule has 0 bridgehead atoms. The van der Waals surface area contributed by atoms with E-state index in [0.29, 0.717) is 6.42 Å². The zero-order valence-electron chi connectivity index (χ0n) is 8.25. The average Bonchev–Trinajstić information content (AvgIpc) is 2.03. The Morgan fingerprint density at radius 1 is 1.31 bits per heavy atom. The van der Waals surface area contributed by atoms with Crippen molar-refractivity contribution in [3.8, 4) is 0 Å². The Morgan fingerprint density at radius 3 is 2.31 bits per heavy atom. The van der Waals surface area contributed by atoms with Crippen LogP contribution < -0.4 is 0 Å². The van der Waals surface area contributed by atoms with Crippen molar-refractivity contribution in [3.63, 3.8) is 0 Å². The average molecular weight is 176 g/mol. The molecule has 1 aromatic carbocycles. The van der Waals surface area contributed by atoms with Gasteiger partial charge in [0.15, 0.2) is 0 Å². The van der Waals surface area contributed by atoms with Gasteiger partial charge < -0.3 is 5.11 Å². The molecule has 0 aliphatic carbocycles. The van der Waals surface area contributed by atoms with Crippen molar-refractivity contribution in [2.45, 2.75) is 26.4 Å². The van der Waals surface area contributed by atoms with Gasteiger partial charge in [-0.05, 0) is 25.8 Å². The summed E-state index contributed by atoms with van der Waals surface area (Å²) in [6.07, 6.45) is 1.95. The third-order valence-electron chi connectivity index (χ3n) is 2.02. The summed E-state index contributed by atoms with van der Waals surface area (Å²) in [6, 6.07) is 6.13. The lowest BCUT2D eigenvalue weighted by Gasteiger charge is -2.10. The maximum Gasteiger partial charge on any atom is 0.0824 e. The quantitative estimate of drug-likeness (QED) is 0.702. The summed E-state index contributed by atoms with van der Waals surface area (Å²) in [5.41, 5.74) is 3.37. The monoisotopic (exact) mass is 176 g/mol. The van der Waals surface area contributed by atoms with Crippen molar-refractivity contribution >= 4 is 0 Å². The summed E-state index contributed by atoms with van der Waals surface area (Å²) in [5, 5.41) is 9.70. The van der Waals surface area contributed by atoms with Gasteiger partial charge in [-0.1, -0.05) is 35.4 Å². The van der Waals surface area contributed by atoms with E-state index in [9.17, 15) is 5.11 Å². The molecule has 0 saturated heterocycles. The van der Waals surface area contributed by atoms with E-state index in [2.05, 4.69) is 12.6 Å². The Hall–Kier alpha value is -1.08. The van der Waals surface area contributed by atoms with Crippen molar-refractivity contribution in [3.05, 3.63) is 47.5 Å². The summed E-state index contributed by atoms with van der Waals surface area (Å²) < 4.78 is 0. The third kappa shape index (κ3) is 2.71. The van der Waals surface area contributed by atoms with Crippen molar-refractivity contribution in [1.29, 1.82) is 0 Å². The first-order chi connectivity index (χ1) is 6.13. The van der Waals surface area contributed by atoms with Crippen LogP contribution >= 0.6 is 0 Å². The van der Waals surface area contributed by atoms with Gasteiger partial charge in [0.1, 0.15) is 0 Å². The molecule has 1 atom stereocenters.